The van der Waals surface area contributed by atoms with E-state index in [0.717, 1.165) is 25.1 Å². The van der Waals surface area contributed by atoms with E-state index >= 15 is 0 Å². The lowest BCUT2D eigenvalue weighted by Gasteiger charge is -2.37. The highest BCUT2D eigenvalue weighted by atomic mass is 16.5. The number of benzene rings is 1. The zero-order valence-electron chi connectivity index (χ0n) is 12.2. The van der Waals surface area contributed by atoms with E-state index in [9.17, 15) is 4.79 Å². The monoisotopic (exact) mass is 290 g/mol. The Hall–Kier alpha value is -1.75. The fourth-order valence-corrected chi connectivity index (χ4v) is 2.85. The normalized spacial score (nSPS) is 23.0. The number of amides is 2. The molecule has 0 saturated carbocycles. The maximum Gasteiger partial charge on any atom is 0.320 e. The maximum atomic E-state index is 12.5. The van der Waals surface area contributed by atoms with Crippen molar-refractivity contribution in [2.75, 3.05) is 39.4 Å². The van der Waals surface area contributed by atoms with Crippen LogP contribution in [0.15, 0.2) is 30.3 Å². The van der Waals surface area contributed by atoms with E-state index in [-0.39, 0.29) is 12.1 Å². The van der Waals surface area contributed by atoms with Gasteiger partial charge in [-0.25, -0.2) is 4.79 Å². The van der Waals surface area contributed by atoms with Crippen LogP contribution < -0.4 is 4.74 Å². The first kappa shape index (κ1) is 14.2. The number of ether oxygens (including phenoxy) is 2. The van der Waals surface area contributed by atoms with Gasteiger partial charge in [0.1, 0.15) is 11.9 Å². The number of rotatable bonds is 2. The van der Waals surface area contributed by atoms with E-state index < -0.39 is 0 Å². The molecule has 1 unspecified atom stereocenters. The van der Waals surface area contributed by atoms with Crippen molar-refractivity contribution in [1.29, 1.82) is 0 Å². The molecule has 2 aliphatic heterocycles. The lowest BCUT2D eigenvalue weighted by molar-refractivity contribution is 0.0330. The van der Waals surface area contributed by atoms with Crippen molar-refractivity contribution < 1.29 is 14.3 Å². The highest BCUT2D eigenvalue weighted by Gasteiger charge is 2.28. The summed E-state index contributed by atoms with van der Waals surface area (Å²) in [6.45, 7) is 4.17. The van der Waals surface area contributed by atoms with Gasteiger partial charge in [0, 0.05) is 19.6 Å². The van der Waals surface area contributed by atoms with Crippen LogP contribution in [0.2, 0.25) is 0 Å². The molecule has 2 aliphatic rings. The molecule has 0 aromatic heterocycles. The van der Waals surface area contributed by atoms with Crippen LogP contribution in [0.25, 0.3) is 0 Å². The minimum Gasteiger partial charge on any atom is -0.489 e. The van der Waals surface area contributed by atoms with Gasteiger partial charge in [0.25, 0.3) is 0 Å². The molecule has 5 nitrogen and oxygen atoms in total. The van der Waals surface area contributed by atoms with Crippen LogP contribution in [0.5, 0.6) is 5.75 Å². The van der Waals surface area contributed by atoms with Crippen molar-refractivity contribution in [3.8, 4) is 5.75 Å². The van der Waals surface area contributed by atoms with Crippen molar-refractivity contribution in [1.82, 2.24) is 9.80 Å². The Bertz CT molecular complexity index is 460. The van der Waals surface area contributed by atoms with Crippen LogP contribution in [0.3, 0.4) is 0 Å². The number of para-hydroxylation sites is 1. The van der Waals surface area contributed by atoms with Gasteiger partial charge in [0.2, 0.25) is 0 Å². The minimum absolute atomic E-state index is 0.0890. The Morgan fingerprint density at radius 1 is 1.10 bits per heavy atom. The number of urea groups is 1. The second kappa shape index (κ2) is 6.80. The summed E-state index contributed by atoms with van der Waals surface area (Å²) in [5.41, 5.74) is 0. The standard InChI is InChI=1S/C16H22N2O3/c19-16(17-9-11-20-12-10-17)18-8-4-7-15(13-18)21-14-5-2-1-3-6-14/h1-3,5-6,15H,4,7-13H2. The van der Waals surface area contributed by atoms with Crippen molar-refractivity contribution in [3.05, 3.63) is 30.3 Å². The Balaban J connectivity index is 1.56. The third-order valence-corrected chi connectivity index (χ3v) is 3.98. The maximum absolute atomic E-state index is 12.5. The van der Waals surface area contributed by atoms with Crippen LogP contribution in [-0.2, 0) is 4.74 Å². The van der Waals surface area contributed by atoms with Gasteiger partial charge < -0.3 is 19.3 Å². The average Bonchev–Trinajstić information content (AvgIpc) is 2.56. The fraction of sp³-hybridized carbons (Fsp3) is 0.562. The minimum atomic E-state index is 0.0890. The zero-order valence-corrected chi connectivity index (χ0v) is 12.2. The highest BCUT2D eigenvalue weighted by molar-refractivity contribution is 5.74. The van der Waals surface area contributed by atoms with Crippen molar-refractivity contribution in [2.45, 2.75) is 18.9 Å². The molecule has 1 atom stereocenters. The molecule has 0 spiro atoms. The molecule has 0 N–H and O–H groups in total. The summed E-state index contributed by atoms with van der Waals surface area (Å²) in [7, 11) is 0. The lowest BCUT2D eigenvalue weighted by Crippen LogP contribution is -2.52. The van der Waals surface area contributed by atoms with Gasteiger partial charge in [0.15, 0.2) is 0 Å². The molecule has 114 valence electrons. The molecule has 5 heteroatoms. The molecule has 2 amide bonds. The van der Waals surface area contributed by atoms with Gasteiger partial charge in [-0.2, -0.15) is 0 Å². The molecular weight excluding hydrogens is 268 g/mol. The summed E-state index contributed by atoms with van der Waals surface area (Å²) in [6, 6.07) is 9.96. The quantitative estimate of drug-likeness (QED) is 0.836. The summed E-state index contributed by atoms with van der Waals surface area (Å²) in [5.74, 6) is 0.878. The molecule has 2 saturated heterocycles. The Kier molecular flexibility index (Phi) is 4.60. The number of carbonyl (C=O) groups is 1. The molecule has 1 aromatic carbocycles. The molecule has 0 radical (unpaired) electrons. The van der Waals surface area contributed by atoms with E-state index in [1.54, 1.807) is 0 Å². The third-order valence-electron chi connectivity index (χ3n) is 3.98. The molecule has 1 aromatic rings. The van der Waals surface area contributed by atoms with Crippen molar-refractivity contribution >= 4 is 6.03 Å². The first-order valence-electron chi connectivity index (χ1n) is 7.66. The van der Waals surface area contributed by atoms with Crippen LogP contribution in [0.4, 0.5) is 4.79 Å². The Morgan fingerprint density at radius 3 is 2.62 bits per heavy atom. The number of carbonyl (C=O) groups excluding carboxylic acids is 1. The smallest absolute Gasteiger partial charge is 0.320 e. The predicted octanol–water partition coefficient (Wildman–Crippen LogP) is 1.98. The number of nitrogens with zero attached hydrogens (tertiary/aromatic N) is 2. The van der Waals surface area contributed by atoms with E-state index in [1.165, 1.54) is 0 Å². The molecule has 21 heavy (non-hydrogen) atoms. The predicted molar refractivity (Wildman–Crippen MR) is 79.5 cm³/mol. The molecule has 2 fully saturated rings. The van der Waals surface area contributed by atoms with E-state index in [2.05, 4.69) is 0 Å². The number of hydrogen-bond donors (Lipinski definition) is 0. The summed E-state index contributed by atoms with van der Waals surface area (Å²) in [6.07, 6.45) is 2.08. The summed E-state index contributed by atoms with van der Waals surface area (Å²) < 4.78 is 11.3. The number of morpholine rings is 1. The Labute approximate surface area is 125 Å². The number of piperidine rings is 1. The van der Waals surface area contributed by atoms with Crippen LogP contribution in [0, 0.1) is 0 Å². The number of hydrogen-bond acceptors (Lipinski definition) is 3. The summed E-state index contributed by atoms with van der Waals surface area (Å²) >= 11 is 0. The molecule has 2 heterocycles. The van der Waals surface area contributed by atoms with E-state index in [1.807, 2.05) is 40.1 Å². The van der Waals surface area contributed by atoms with Gasteiger partial charge >= 0.3 is 6.03 Å². The molecule has 3 rings (SSSR count). The molecule has 0 aliphatic carbocycles. The molecule has 0 bridgehead atoms. The van der Waals surface area contributed by atoms with E-state index in [4.69, 9.17) is 9.47 Å². The zero-order chi connectivity index (χ0) is 14.5. The lowest BCUT2D eigenvalue weighted by atomic mass is 10.1. The third kappa shape index (κ3) is 3.67. The van der Waals surface area contributed by atoms with Gasteiger partial charge in [-0.3, -0.25) is 0 Å². The topological polar surface area (TPSA) is 42.0 Å². The van der Waals surface area contributed by atoms with Gasteiger partial charge in [0.05, 0.1) is 19.8 Å². The van der Waals surface area contributed by atoms with Crippen molar-refractivity contribution in [3.63, 3.8) is 0 Å². The first-order chi connectivity index (χ1) is 10.3. The average molecular weight is 290 g/mol. The second-order valence-corrected chi connectivity index (χ2v) is 5.52. The van der Waals surface area contributed by atoms with Crippen LogP contribution in [0.1, 0.15) is 12.8 Å². The largest absolute Gasteiger partial charge is 0.489 e. The first-order valence-corrected chi connectivity index (χ1v) is 7.66. The summed E-state index contributed by atoms with van der Waals surface area (Å²) in [5, 5.41) is 0. The van der Waals surface area contributed by atoms with Gasteiger partial charge in [-0.05, 0) is 25.0 Å². The van der Waals surface area contributed by atoms with Gasteiger partial charge in [-0.1, -0.05) is 18.2 Å². The van der Waals surface area contributed by atoms with E-state index in [0.29, 0.717) is 32.8 Å². The number of likely N-dealkylation sites (tertiary alicyclic amines) is 1. The van der Waals surface area contributed by atoms with Crippen LogP contribution >= 0.6 is 0 Å². The molecular formula is C16H22N2O3. The Morgan fingerprint density at radius 2 is 1.86 bits per heavy atom. The SMILES string of the molecule is O=C(N1CCOCC1)N1CCCC(Oc2ccccc2)C1. The highest BCUT2D eigenvalue weighted by Crippen LogP contribution is 2.19. The van der Waals surface area contributed by atoms with Crippen LogP contribution in [-0.4, -0.2) is 61.3 Å². The fourth-order valence-electron chi connectivity index (χ4n) is 2.85. The summed E-state index contributed by atoms with van der Waals surface area (Å²) in [4.78, 5) is 16.3. The van der Waals surface area contributed by atoms with Gasteiger partial charge in [-0.15, -0.1) is 0 Å². The second-order valence-electron chi connectivity index (χ2n) is 5.52. The van der Waals surface area contributed by atoms with Crippen molar-refractivity contribution in [2.24, 2.45) is 0 Å².